The number of carbonyl (C=O) groups is 2. The summed E-state index contributed by atoms with van der Waals surface area (Å²) in [5.41, 5.74) is -0.770. The Morgan fingerprint density at radius 1 is 1.08 bits per heavy atom. The third kappa shape index (κ3) is 2.62. The summed E-state index contributed by atoms with van der Waals surface area (Å²) in [6, 6.07) is 5.26. The lowest BCUT2D eigenvalue weighted by atomic mass is 10.2. The molecule has 1 heterocycles. The fourth-order valence-corrected chi connectivity index (χ4v) is 4.28. The lowest BCUT2D eigenvalue weighted by Crippen LogP contribution is -2.45. The van der Waals surface area contributed by atoms with Gasteiger partial charge in [0.1, 0.15) is 10.9 Å². The van der Waals surface area contributed by atoms with E-state index in [4.69, 9.17) is 0 Å². The molecule has 0 unspecified atom stereocenters. The summed E-state index contributed by atoms with van der Waals surface area (Å²) in [5, 5.41) is 1.96. The first-order chi connectivity index (χ1) is 12.2. The average molecular weight is 384 g/mol. The highest BCUT2D eigenvalue weighted by Crippen LogP contribution is 2.32. The van der Waals surface area contributed by atoms with Crippen LogP contribution < -0.4 is 5.32 Å². The Morgan fingerprint density at radius 2 is 1.73 bits per heavy atom. The molecule has 0 radical (unpaired) electrons. The minimum Gasteiger partial charge on any atom is -0.322 e. The standard InChI is InChI=1S/C16H11F3N2O4S/c1-8(15(22)20-11-7-6-10(17)13(18)14(11)19)21-16(23)9-4-2-3-5-12(9)26(21,24)25/h2-8H,1H3,(H,20,22)/t8-/m1/s1. The number of sulfonamides is 1. The second kappa shape index (κ2) is 6.13. The summed E-state index contributed by atoms with van der Waals surface area (Å²) >= 11 is 0. The number of halogens is 3. The Hall–Kier alpha value is -2.88. The highest BCUT2D eigenvalue weighted by Gasteiger charge is 2.45. The molecule has 3 rings (SSSR count). The summed E-state index contributed by atoms with van der Waals surface area (Å²) in [6.45, 7) is 1.12. The van der Waals surface area contributed by atoms with E-state index in [9.17, 15) is 31.2 Å². The number of fused-ring (bicyclic) bond motifs is 1. The monoisotopic (exact) mass is 384 g/mol. The van der Waals surface area contributed by atoms with E-state index in [0.29, 0.717) is 10.4 Å². The van der Waals surface area contributed by atoms with Gasteiger partial charge in [-0.15, -0.1) is 0 Å². The number of nitrogens with zero attached hydrogens (tertiary/aromatic N) is 1. The summed E-state index contributed by atoms with van der Waals surface area (Å²) in [5.74, 6) is -6.85. The molecule has 0 bridgehead atoms. The van der Waals surface area contributed by atoms with Gasteiger partial charge in [0.15, 0.2) is 17.5 Å². The van der Waals surface area contributed by atoms with Gasteiger partial charge < -0.3 is 5.32 Å². The number of nitrogens with one attached hydrogen (secondary N) is 1. The van der Waals surface area contributed by atoms with E-state index in [1.54, 1.807) is 0 Å². The molecule has 1 atom stereocenters. The van der Waals surface area contributed by atoms with Gasteiger partial charge in [0.25, 0.3) is 15.9 Å². The Morgan fingerprint density at radius 3 is 2.38 bits per heavy atom. The van der Waals surface area contributed by atoms with Crippen LogP contribution in [0, 0.1) is 17.5 Å². The predicted molar refractivity (Wildman–Crippen MR) is 84.2 cm³/mol. The predicted octanol–water partition coefficient (Wildman–Crippen LogP) is 2.28. The highest BCUT2D eigenvalue weighted by molar-refractivity contribution is 7.90. The number of rotatable bonds is 3. The van der Waals surface area contributed by atoms with Gasteiger partial charge in [-0.2, -0.15) is 0 Å². The molecule has 1 N–H and O–H groups in total. The third-order valence-corrected chi connectivity index (χ3v) is 5.79. The lowest BCUT2D eigenvalue weighted by Gasteiger charge is -2.22. The van der Waals surface area contributed by atoms with Gasteiger partial charge in [0, 0.05) is 0 Å². The molecule has 0 spiro atoms. The SMILES string of the molecule is C[C@H](C(=O)Nc1ccc(F)c(F)c1F)N1C(=O)c2ccccc2S1(=O)=O. The number of benzene rings is 2. The zero-order valence-corrected chi connectivity index (χ0v) is 14.0. The summed E-state index contributed by atoms with van der Waals surface area (Å²) < 4.78 is 65.2. The largest absolute Gasteiger partial charge is 0.322 e. The van der Waals surface area contributed by atoms with Crippen LogP contribution in [-0.4, -0.2) is 30.6 Å². The van der Waals surface area contributed by atoms with Crippen molar-refractivity contribution in [2.75, 3.05) is 5.32 Å². The fraction of sp³-hybridized carbons (Fsp3) is 0.125. The number of hydrogen-bond acceptors (Lipinski definition) is 4. The van der Waals surface area contributed by atoms with Crippen molar-refractivity contribution in [3.05, 3.63) is 59.4 Å². The van der Waals surface area contributed by atoms with Crippen molar-refractivity contribution in [2.24, 2.45) is 0 Å². The molecule has 26 heavy (non-hydrogen) atoms. The van der Waals surface area contributed by atoms with Gasteiger partial charge in [-0.3, -0.25) is 9.59 Å². The van der Waals surface area contributed by atoms with E-state index in [0.717, 1.165) is 13.0 Å². The van der Waals surface area contributed by atoms with Crippen molar-refractivity contribution in [3.63, 3.8) is 0 Å². The van der Waals surface area contributed by atoms with Crippen molar-refractivity contribution in [2.45, 2.75) is 17.9 Å². The van der Waals surface area contributed by atoms with E-state index in [1.807, 2.05) is 5.32 Å². The van der Waals surface area contributed by atoms with Crippen molar-refractivity contribution in [1.82, 2.24) is 4.31 Å². The van der Waals surface area contributed by atoms with Crippen LogP contribution in [0.2, 0.25) is 0 Å². The van der Waals surface area contributed by atoms with Gasteiger partial charge in [-0.25, -0.2) is 25.9 Å². The van der Waals surface area contributed by atoms with Gasteiger partial charge >= 0.3 is 0 Å². The second-order valence-corrected chi connectivity index (χ2v) is 7.27. The van der Waals surface area contributed by atoms with Crippen LogP contribution >= 0.6 is 0 Å². The molecule has 10 heteroatoms. The molecule has 1 aliphatic heterocycles. The molecule has 1 aliphatic rings. The molecule has 2 aromatic carbocycles. The average Bonchev–Trinajstić information content (AvgIpc) is 2.81. The highest BCUT2D eigenvalue weighted by atomic mass is 32.2. The van der Waals surface area contributed by atoms with Gasteiger partial charge in [-0.1, -0.05) is 12.1 Å². The maximum Gasteiger partial charge on any atom is 0.269 e. The molecule has 2 amide bonds. The molecule has 2 aromatic rings. The first-order valence-electron chi connectivity index (χ1n) is 7.28. The minimum atomic E-state index is -4.26. The van der Waals surface area contributed by atoms with E-state index < -0.39 is 51.0 Å². The van der Waals surface area contributed by atoms with Crippen LogP contribution in [0.1, 0.15) is 17.3 Å². The quantitative estimate of drug-likeness (QED) is 0.823. The molecule has 0 saturated carbocycles. The zero-order chi connectivity index (χ0) is 19.2. The van der Waals surface area contributed by atoms with E-state index in [-0.39, 0.29) is 10.5 Å². The minimum absolute atomic E-state index is 0.0915. The third-order valence-electron chi connectivity index (χ3n) is 3.88. The fourth-order valence-electron chi connectivity index (χ4n) is 2.55. The topological polar surface area (TPSA) is 83.6 Å². The van der Waals surface area contributed by atoms with Crippen LogP contribution in [0.15, 0.2) is 41.3 Å². The van der Waals surface area contributed by atoms with E-state index in [1.165, 1.54) is 24.3 Å². The number of anilines is 1. The molecule has 0 aliphatic carbocycles. The van der Waals surface area contributed by atoms with Crippen LogP contribution in [0.3, 0.4) is 0 Å². The lowest BCUT2D eigenvalue weighted by molar-refractivity contribution is -0.118. The van der Waals surface area contributed by atoms with Crippen molar-refractivity contribution in [1.29, 1.82) is 0 Å². The molecular weight excluding hydrogens is 373 g/mol. The number of hydrogen-bond donors (Lipinski definition) is 1. The molecule has 0 fully saturated rings. The Bertz CT molecular complexity index is 1040. The molecule has 0 saturated heterocycles. The zero-order valence-electron chi connectivity index (χ0n) is 13.2. The first-order valence-corrected chi connectivity index (χ1v) is 8.72. The van der Waals surface area contributed by atoms with Crippen LogP contribution in [0.4, 0.5) is 18.9 Å². The molecule has 0 aromatic heterocycles. The summed E-state index contributed by atoms with van der Waals surface area (Å²) in [4.78, 5) is 24.4. The smallest absolute Gasteiger partial charge is 0.269 e. The second-order valence-electron chi connectivity index (χ2n) is 5.49. The summed E-state index contributed by atoms with van der Waals surface area (Å²) in [7, 11) is -4.26. The maximum atomic E-state index is 13.7. The van der Waals surface area contributed by atoms with Gasteiger partial charge in [0.05, 0.1) is 11.3 Å². The molecule has 6 nitrogen and oxygen atoms in total. The normalized spacial score (nSPS) is 16.3. The number of carbonyl (C=O) groups excluding carboxylic acids is 2. The molecule has 136 valence electrons. The van der Waals surface area contributed by atoms with Crippen LogP contribution in [0.25, 0.3) is 0 Å². The van der Waals surface area contributed by atoms with Crippen molar-refractivity contribution < 1.29 is 31.2 Å². The van der Waals surface area contributed by atoms with Gasteiger partial charge in [-0.05, 0) is 31.2 Å². The van der Waals surface area contributed by atoms with Crippen molar-refractivity contribution >= 4 is 27.5 Å². The van der Waals surface area contributed by atoms with Crippen LogP contribution in [-0.2, 0) is 14.8 Å². The first kappa shape index (κ1) is 17.9. The van der Waals surface area contributed by atoms with Gasteiger partial charge in [0.2, 0.25) is 5.91 Å². The van der Waals surface area contributed by atoms with E-state index in [2.05, 4.69) is 0 Å². The Labute approximate surface area is 146 Å². The number of amides is 2. The van der Waals surface area contributed by atoms with Crippen molar-refractivity contribution in [3.8, 4) is 0 Å². The maximum absolute atomic E-state index is 13.7. The molecular formula is C16H11F3N2O4S. The Balaban J connectivity index is 1.91. The summed E-state index contributed by atoms with van der Waals surface area (Å²) in [6.07, 6.45) is 0. The van der Waals surface area contributed by atoms with Crippen LogP contribution in [0.5, 0.6) is 0 Å². The Kier molecular flexibility index (Phi) is 4.23. The van der Waals surface area contributed by atoms with E-state index >= 15 is 0 Å².